The number of fused-ring (bicyclic) bond motifs is 1. The number of hydrogen-bond donors (Lipinski definition) is 1. The van der Waals surface area contributed by atoms with E-state index in [2.05, 4.69) is 0 Å². The van der Waals surface area contributed by atoms with Crippen LogP contribution in [-0.4, -0.2) is 13.2 Å². The molecular formula is C16H16FNO2. The van der Waals surface area contributed by atoms with Gasteiger partial charge in [-0.25, -0.2) is 4.39 Å². The average Bonchev–Trinajstić information content (AvgIpc) is 2.48. The summed E-state index contributed by atoms with van der Waals surface area (Å²) in [4.78, 5) is 0. The summed E-state index contributed by atoms with van der Waals surface area (Å²) in [6.45, 7) is 1.14. The third-order valence-electron chi connectivity index (χ3n) is 3.50. The third kappa shape index (κ3) is 2.54. The van der Waals surface area contributed by atoms with Gasteiger partial charge in [0.1, 0.15) is 17.3 Å². The fourth-order valence-electron chi connectivity index (χ4n) is 2.41. The van der Waals surface area contributed by atoms with Gasteiger partial charge in [-0.1, -0.05) is 18.2 Å². The van der Waals surface area contributed by atoms with Crippen LogP contribution in [0.25, 0.3) is 0 Å². The summed E-state index contributed by atoms with van der Waals surface area (Å²) in [5.41, 5.74) is 7.37. The van der Waals surface area contributed by atoms with Gasteiger partial charge in [-0.15, -0.1) is 0 Å². The molecule has 1 heterocycles. The van der Waals surface area contributed by atoms with E-state index in [-0.39, 0.29) is 11.7 Å². The van der Waals surface area contributed by atoms with Crippen molar-refractivity contribution in [3.05, 3.63) is 53.8 Å². The van der Waals surface area contributed by atoms with E-state index in [9.17, 15) is 4.39 Å². The Hall–Kier alpha value is -2.23. The smallest absolute Gasteiger partial charge is 0.145 e. The van der Waals surface area contributed by atoms with E-state index in [0.29, 0.717) is 24.7 Å². The minimum Gasteiger partial charge on any atom is -0.493 e. The average molecular weight is 273 g/mol. The van der Waals surface area contributed by atoms with Gasteiger partial charge in [0, 0.05) is 17.5 Å². The van der Waals surface area contributed by atoms with E-state index >= 15 is 0 Å². The Morgan fingerprint density at radius 1 is 1.25 bits per heavy atom. The Morgan fingerprint density at radius 3 is 3.00 bits per heavy atom. The summed E-state index contributed by atoms with van der Waals surface area (Å²) in [6, 6.07) is 12.1. The predicted molar refractivity (Wildman–Crippen MR) is 75.6 cm³/mol. The Labute approximate surface area is 117 Å². The normalized spacial score (nSPS) is 17.1. The second-order valence-electron chi connectivity index (χ2n) is 4.87. The number of nitrogen functional groups attached to an aromatic ring is 1. The molecule has 0 fully saturated rings. The maximum absolute atomic E-state index is 13.2. The summed E-state index contributed by atoms with van der Waals surface area (Å²) in [7, 11) is 0. The molecule has 3 rings (SSSR count). The standard InChI is InChI=1S/C16H16FNO2/c17-12-5-6-14(18)16(9-12)20-10-11-7-8-19-15-4-2-1-3-13(11)15/h1-6,9,11H,7-8,10,18H2. The Bertz CT molecular complexity index is 615. The molecule has 0 spiro atoms. The highest BCUT2D eigenvalue weighted by molar-refractivity contribution is 5.52. The zero-order valence-electron chi connectivity index (χ0n) is 11.0. The van der Waals surface area contributed by atoms with Crippen molar-refractivity contribution in [2.24, 2.45) is 0 Å². The number of halogens is 1. The van der Waals surface area contributed by atoms with E-state index in [1.54, 1.807) is 0 Å². The number of anilines is 1. The Balaban J connectivity index is 1.75. The number of para-hydroxylation sites is 1. The molecule has 0 radical (unpaired) electrons. The van der Waals surface area contributed by atoms with Crippen molar-refractivity contribution in [1.29, 1.82) is 0 Å². The van der Waals surface area contributed by atoms with Crippen LogP contribution < -0.4 is 15.2 Å². The lowest BCUT2D eigenvalue weighted by Crippen LogP contribution is -2.19. The van der Waals surface area contributed by atoms with Crippen molar-refractivity contribution in [1.82, 2.24) is 0 Å². The Kier molecular flexibility index (Phi) is 3.46. The summed E-state index contributed by atoms with van der Waals surface area (Å²) in [6.07, 6.45) is 0.881. The monoisotopic (exact) mass is 273 g/mol. The molecule has 0 aliphatic carbocycles. The molecular weight excluding hydrogens is 257 g/mol. The van der Waals surface area contributed by atoms with E-state index in [1.165, 1.54) is 18.2 Å². The van der Waals surface area contributed by atoms with Gasteiger partial charge in [-0.3, -0.25) is 0 Å². The van der Waals surface area contributed by atoms with Crippen molar-refractivity contribution in [3.63, 3.8) is 0 Å². The quantitative estimate of drug-likeness (QED) is 0.872. The van der Waals surface area contributed by atoms with Gasteiger partial charge in [0.25, 0.3) is 0 Å². The van der Waals surface area contributed by atoms with Crippen LogP contribution in [0.15, 0.2) is 42.5 Å². The molecule has 1 aliphatic rings. The van der Waals surface area contributed by atoms with Crippen LogP contribution in [0.2, 0.25) is 0 Å². The predicted octanol–water partition coefficient (Wildman–Crippen LogP) is 3.35. The van der Waals surface area contributed by atoms with Crippen LogP contribution in [0.5, 0.6) is 11.5 Å². The minimum absolute atomic E-state index is 0.239. The molecule has 0 saturated carbocycles. The zero-order chi connectivity index (χ0) is 13.9. The lowest BCUT2D eigenvalue weighted by molar-refractivity contribution is 0.217. The number of rotatable bonds is 3. The van der Waals surface area contributed by atoms with E-state index < -0.39 is 0 Å². The molecule has 2 aromatic carbocycles. The first-order valence-electron chi connectivity index (χ1n) is 6.63. The van der Waals surface area contributed by atoms with Crippen molar-refractivity contribution in [2.75, 3.05) is 18.9 Å². The van der Waals surface area contributed by atoms with Crippen molar-refractivity contribution < 1.29 is 13.9 Å². The Morgan fingerprint density at radius 2 is 2.10 bits per heavy atom. The molecule has 0 amide bonds. The van der Waals surface area contributed by atoms with Crippen LogP contribution >= 0.6 is 0 Å². The molecule has 0 aromatic heterocycles. The summed E-state index contributed by atoms with van der Waals surface area (Å²) in [5, 5.41) is 0. The second-order valence-corrected chi connectivity index (χ2v) is 4.87. The molecule has 1 unspecified atom stereocenters. The van der Waals surface area contributed by atoms with Crippen molar-refractivity contribution >= 4 is 5.69 Å². The SMILES string of the molecule is Nc1ccc(F)cc1OCC1CCOc2ccccc21. The highest BCUT2D eigenvalue weighted by atomic mass is 19.1. The summed E-state index contributed by atoms with van der Waals surface area (Å²) in [5.74, 6) is 1.19. The molecule has 1 aliphatic heterocycles. The van der Waals surface area contributed by atoms with E-state index in [1.807, 2.05) is 24.3 Å². The molecule has 2 aromatic rings. The molecule has 1 atom stereocenters. The van der Waals surface area contributed by atoms with Crippen LogP contribution in [-0.2, 0) is 0 Å². The molecule has 20 heavy (non-hydrogen) atoms. The van der Waals surface area contributed by atoms with Gasteiger partial charge in [0.2, 0.25) is 0 Å². The van der Waals surface area contributed by atoms with Crippen LogP contribution in [0.4, 0.5) is 10.1 Å². The number of ether oxygens (including phenoxy) is 2. The fourth-order valence-corrected chi connectivity index (χ4v) is 2.41. The maximum Gasteiger partial charge on any atom is 0.145 e. The number of nitrogens with two attached hydrogens (primary N) is 1. The van der Waals surface area contributed by atoms with Crippen molar-refractivity contribution in [2.45, 2.75) is 12.3 Å². The van der Waals surface area contributed by atoms with Gasteiger partial charge >= 0.3 is 0 Å². The zero-order valence-corrected chi connectivity index (χ0v) is 11.0. The summed E-state index contributed by atoms with van der Waals surface area (Å²) >= 11 is 0. The fraction of sp³-hybridized carbons (Fsp3) is 0.250. The molecule has 0 bridgehead atoms. The van der Waals surface area contributed by atoms with Crippen LogP contribution in [0.1, 0.15) is 17.9 Å². The largest absolute Gasteiger partial charge is 0.493 e. The highest BCUT2D eigenvalue weighted by Gasteiger charge is 2.21. The van der Waals surface area contributed by atoms with E-state index in [0.717, 1.165) is 17.7 Å². The number of hydrogen-bond acceptors (Lipinski definition) is 3. The van der Waals surface area contributed by atoms with Crippen LogP contribution in [0.3, 0.4) is 0 Å². The molecule has 2 N–H and O–H groups in total. The van der Waals surface area contributed by atoms with E-state index in [4.69, 9.17) is 15.2 Å². The van der Waals surface area contributed by atoms with Crippen LogP contribution in [0, 0.1) is 5.82 Å². The molecule has 4 heteroatoms. The van der Waals surface area contributed by atoms with Crippen molar-refractivity contribution in [3.8, 4) is 11.5 Å². The minimum atomic E-state index is -0.346. The molecule has 0 saturated heterocycles. The van der Waals surface area contributed by atoms with Gasteiger partial charge < -0.3 is 15.2 Å². The molecule has 104 valence electrons. The van der Waals surface area contributed by atoms with Gasteiger partial charge in [-0.05, 0) is 24.6 Å². The highest BCUT2D eigenvalue weighted by Crippen LogP contribution is 2.34. The first kappa shape index (κ1) is 12.8. The first-order valence-corrected chi connectivity index (χ1v) is 6.63. The summed E-state index contributed by atoms with van der Waals surface area (Å²) < 4.78 is 24.5. The first-order chi connectivity index (χ1) is 9.74. The lowest BCUT2D eigenvalue weighted by Gasteiger charge is -2.26. The number of benzene rings is 2. The van der Waals surface area contributed by atoms with Gasteiger partial charge in [0.15, 0.2) is 0 Å². The second kappa shape index (κ2) is 5.41. The maximum atomic E-state index is 13.2. The van der Waals surface area contributed by atoms with Gasteiger partial charge in [0.05, 0.1) is 18.9 Å². The lowest BCUT2D eigenvalue weighted by atomic mass is 9.94. The third-order valence-corrected chi connectivity index (χ3v) is 3.50. The van der Waals surface area contributed by atoms with Gasteiger partial charge in [-0.2, -0.15) is 0 Å². The topological polar surface area (TPSA) is 44.5 Å². The molecule has 3 nitrogen and oxygen atoms in total.